The Morgan fingerprint density at radius 1 is 0.914 bits per heavy atom. The number of benzene rings is 3. The van der Waals surface area contributed by atoms with Crippen molar-refractivity contribution in [2.75, 3.05) is 25.1 Å². The fourth-order valence-electron chi connectivity index (χ4n) is 2.99. The molecule has 0 amide bonds. The molecule has 0 spiro atoms. The number of aliphatic hydroxyl groups is 2. The number of hydrogen-bond donors (Lipinski definition) is 3. The lowest BCUT2D eigenvalue weighted by Gasteiger charge is -2.23. The van der Waals surface area contributed by atoms with Crippen molar-refractivity contribution in [1.29, 1.82) is 0 Å². The third-order valence-corrected chi connectivity index (χ3v) is 5.84. The number of nitrogens with one attached hydrogen (secondary N) is 1. The van der Waals surface area contributed by atoms with Crippen LogP contribution < -0.4 is 10.1 Å². The van der Waals surface area contributed by atoms with Gasteiger partial charge in [0, 0.05) is 11.1 Å². The third-order valence-electron chi connectivity index (χ3n) is 5.21. The molecule has 3 rings (SSSR count). The van der Waals surface area contributed by atoms with Crippen LogP contribution in [0, 0.1) is 5.41 Å². The topological polar surface area (TPSA) is 105 Å². The molecule has 184 valence electrons. The highest BCUT2D eigenvalue weighted by Crippen LogP contribution is 2.33. The van der Waals surface area contributed by atoms with Crippen molar-refractivity contribution in [3.63, 3.8) is 0 Å². The summed E-state index contributed by atoms with van der Waals surface area (Å²) in [6.45, 7) is 0.813. The van der Waals surface area contributed by atoms with Gasteiger partial charge in [-0.05, 0) is 48.0 Å². The first-order valence-corrected chi connectivity index (χ1v) is 11.5. The van der Waals surface area contributed by atoms with Crippen LogP contribution in [-0.2, 0) is 16.0 Å². The van der Waals surface area contributed by atoms with E-state index < -0.39 is 17.4 Å². The van der Waals surface area contributed by atoms with Crippen molar-refractivity contribution in [1.82, 2.24) is 0 Å². The van der Waals surface area contributed by atoms with Gasteiger partial charge >= 0.3 is 11.9 Å². The second-order valence-electron chi connectivity index (χ2n) is 8.26. The van der Waals surface area contributed by atoms with Gasteiger partial charge in [-0.1, -0.05) is 54.4 Å². The van der Waals surface area contributed by atoms with Crippen molar-refractivity contribution < 1.29 is 29.3 Å². The summed E-state index contributed by atoms with van der Waals surface area (Å²) in [5.74, 6) is -0.850. The zero-order chi connectivity index (χ0) is 25.4. The summed E-state index contributed by atoms with van der Waals surface area (Å²) in [7, 11) is 0. The molecule has 3 aromatic rings. The van der Waals surface area contributed by atoms with Crippen molar-refractivity contribution in [3.05, 3.63) is 87.9 Å². The Bertz CT molecular complexity index is 1160. The van der Waals surface area contributed by atoms with E-state index in [2.05, 4.69) is 5.32 Å². The third kappa shape index (κ3) is 7.19. The summed E-state index contributed by atoms with van der Waals surface area (Å²) >= 11 is 12.5. The highest BCUT2D eigenvalue weighted by atomic mass is 35.5. The molecular formula is C26H25Cl2NO6. The van der Waals surface area contributed by atoms with Crippen molar-refractivity contribution in [2.45, 2.75) is 13.3 Å². The molecule has 9 heteroatoms. The lowest BCUT2D eigenvalue weighted by Crippen LogP contribution is -2.32. The van der Waals surface area contributed by atoms with Gasteiger partial charge in [0.2, 0.25) is 0 Å². The molecule has 0 aliphatic carbocycles. The molecule has 3 N–H and O–H groups in total. The molecule has 0 aliphatic heterocycles. The average molecular weight is 518 g/mol. The average Bonchev–Trinajstić information content (AvgIpc) is 2.86. The number of anilines is 2. The van der Waals surface area contributed by atoms with Crippen LogP contribution in [0.5, 0.6) is 5.75 Å². The molecule has 0 atom stereocenters. The summed E-state index contributed by atoms with van der Waals surface area (Å²) in [4.78, 5) is 24.8. The Morgan fingerprint density at radius 3 is 2.17 bits per heavy atom. The quantitative estimate of drug-likeness (QED) is 0.255. The number of hydrogen-bond acceptors (Lipinski definition) is 7. The normalized spacial score (nSPS) is 11.1. The molecule has 0 aliphatic rings. The van der Waals surface area contributed by atoms with Crippen molar-refractivity contribution in [2.24, 2.45) is 5.41 Å². The van der Waals surface area contributed by atoms with Crippen LogP contribution in [0.2, 0.25) is 10.0 Å². The Hall–Kier alpha value is -3.10. The summed E-state index contributed by atoms with van der Waals surface area (Å²) in [6, 6.07) is 18.3. The molecule has 0 saturated carbocycles. The lowest BCUT2D eigenvalue weighted by molar-refractivity contribution is -0.133. The van der Waals surface area contributed by atoms with E-state index in [4.69, 9.17) is 32.7 Å². The van der Waals surface area contributed by atoms with E-state index in [9.17, 15) is 19.8 Å². The summed E-state index contributed by atoms with van der Waals surface area (Å²) in [5, 5.41) is 22.7. The smallest absolute Gasteiger partial charge is 0.338 e. The first kappa shape index (κ1) is 26.5. The molecule has 3 aromatic carbocycles. The largest absolute Gasteiger partial charge is 0.461 e. The molecule has 0 aromatic heterocycles. The van der Waals surface area contributed by atoms with Gasteiger partial charge in [0.1, 0.15) is 12.4 Å². The van der Waals surface area contributed by atoms with Gasteiger partial charge in [-0.25, -0.2) is 4.79 Å². The number of rotatable bonds is 10. The summed E-state index contributed by atoms with van der Waals surface area (Å²) in [6.07, 6.45) is -0.0179. The number of carbonyl (C=O) groups excluding carboxylic acids is 2. The maximum atomic E-state index is 12.6. The van der Waals surface area contributed by atoms with Gasteiger partial charge in [-0.2, -0.15) is 0 Å². The van der Waals surface area contributed by atoms with E-state index >= 15 is 0 Å². The highest BCUT2D eigenvalue weighted by molar-refractivity contribution is 6.39. The molecule has 0 bridgehead atoms. The zero-order valence-electron chi connectivity index (χ0n) is 19.0. The Kier molecular flexibility index (Phi) is 9.12. The predicted molar refractivity (Wildman–Crippen MR) is 135 cm³/mol. The number of carbonyl (C=O) groups is 2. The van der Waals surface area contributed by atoms with Gasteiger partial charge < -0.3 is 25.0 Å². The van der Waals surface area contributed by atoms with Gasteiger partial charge in [0.15, 0.2) is 0 Å². The summed E-state index contributed by atoms with van der Waals surface area (Å²) < 4.78 is 10.6. The molecule has 0 saturated heterocycles. The number of esters is 2. The Balaban J connectivity index is 1.62. The van der Waals surface area contributed by atoms with Crippen LogP contribution in [0.4, 0.5) is 11.4 Å². The standard InChI is InChI=1S/C26H25Cl2NO6/c1-26(14-30,15-31)16-34-25(33)17-9-11-19(12-10-17)35-23(32)13-18-5-2-3-8-22(18)29-24-20(27)6-4-7-21(24)28/h2-12,29-31H,13-16H2,1H3. The number of aliphatic hydroxyl groups excluding tert-OH is 2. The lowest BCUT2D eigenvalue weighted by atomic mass is 9.94. The maximum Gasteiger partial charge on any atom is 0.338 e. The van der Waals surface area contributed by atoms with Crippen LogP contribution in [0.3, 0.4) is 0 Å². The van der Waals surface area contributed by atoms with E-state index in [1.54, 1.807) is 43.3 Å². The van der Waals surface area contributed by atoms with Crippen LogP contribution in [0.15, 0.2) is 66.7 Å². The second-order valence-corrected chi connectivity index (χ2v) is 9.07. The van der Waals surface area contributed by atoms with Crippen LogP contribution >= 0.6 is 23.2 Å². The van der Waals surface area contributed by atoms with E-state index in [1.807, 2.05) is 6.07 Å². The van der Waals surface area contributed by atoms with Crippen LogP contribution in [-0.4, -0.2) is 42.0 Å². The minimum atomic E-state index is -0.923. The van der Waals surface area contributed by atoms with Crippen molar-refractivity contribution in [3.8, 4) is 5.75 Å². The molecule has 0 radical (unpaired) electrons. The highest BCUT2D eigenvalue weighted by Gasteiger charge is 2.25. The monoisotopic (exact) mass is 517 g/mol. The predicted octanol–water partition coefficient (Wildman–Crippen LogP) is 5.03. The first-order valence-electron chi connectivity index (χ1n) is 10.7. The molecule has 0 unspecified atom stereocenters. The number of para-hydroxylation sites is 2. The van der Waals surface area contributed by atoms with E-state index in [1.165, 1.54) is 24.3 Å². The molecule has 7 nitrogen and oxygen atoms in total. The SMILES string of the molecule is CC(CO)(CO)COC(=O)c1ccc(OC(=O)Cc2ccccc2Nc2c(Cl)cccc2Cl)cc1. The second kappa shape index (κ2) is 12.0. The molecular weight excluding hydrogens is 493 g/mol. The van der Waals surface area contributed by atoms with Crippen LogP contribution in [0.1, 0.15) is 22.8 Å². The van der Waals surface area contributed by atoms with E-state index in [0.717, 1.165) is 0 Å². The van der Waals surface area contributed by atoms with Crippen molar-refractivity contribution >= 4 is 46.5 Å². The number of ether oxygens (including phenoxy) is 2. The maximum absolute atomic E-state index is 12.6. The zero-order valence-corrected chi connectivity index (χ0v) is 20.5. The number of halogens is 2. The van der Waals surface area contributed by atoms with Crippen LogP contribution in [0.25, 0.3) is 0 Å². The minimum absolute atomic E-state index is 0.0179. The summed E-state index contributed by atoms with van der Waals surface area (Å²) in [5.41, 5.74) is 1.21. The Morgan fingerprint density at radius 2 is 1.54 bits per heavy atom. The minimum Gasteiger partial charge on any atom is -0.461 e. The van der Waals surface area contributed by atoms with Gasteiger partial charge in [0.05, 0.1) is 40.9 Å². The first-order chi connectivity index (χ1) is 16.7. The van der Waals surface area contributed by atoms with Gasteiger partial charge in [-0.15, -0.1) is 0 Å². The van der Waals surface area contributed by atoms with E-state index in [0.29, 0.717) is 27.0 Å². The molecule has 0 fully saturated rings. The van der Waals surface area contributed by atoms with Gasteiger partial charge in [0.25, 0.3) is 0 Å². The fourth-order valence-corrected chi connectivity index (χ4v) is 3.49. The van der Waals surface area contributed by atoms with Gasteiger partial charge in [-0.3, -0.25) is 4.79 Å². The Labute approximate surface area is 213 Å². The molecule has 0 heterocycles. The van der Waals surface area contributed by atoms with E-state index in [-0.39, 0.29) is 37.6 Å². The fraction of sp³-hybridized carbons (Fsp3) is 0.231. The molecule has 35 heavy (non-hydrogen) atoms.